The Morgan fingerprint density at radius 1 is 1.28 bits per heavy atom. The number of nitrogens with zero attached hydrogens (tertiary/aromatic N) is 1. The van der Waals surface area contributed by atoms with Gasteiger partial charge in [-0.15, -0.1) is 0 Å². The molecular formula is C16H22N2. The Hall–Kier alpha value is -1.02. The highest BCUT2D eigenvalue weighted by Gasteiger charge is 2.48. The van der Waals surface area contributed by atoms with Gasteiger partial charge in [0, 0.05) is 37.3 Å². The van der Waals surface area contributed by atoms with E-state index in [1.807, 2.05) is 0 Å². The molecule has 0 spiro atoms. The number of anilines is 1. The second-order valence-electron chi connectivity index (χ2n) is 6.97. The minimum atomic E-state index is 0.517. The Kier molecular flexibility index (Phi) is 2.12. The van der Waals surface area contributed by atoms with E-state index < -0.39 is 0 Å². The topological polar surface area (TPSA) is 15.3 Å². The first-order valence-electron chi connectivity index (χ1n) is 7.25. The number of fused-ring (bicyclic) bond motifs is 3. The molecule has 0 radical (unpaired) electrons. The summed E-state index contributed by atoms with van der Waals surface area (Å²) in [6, 6.07) is 7.70. The van der Waals surface area contributed by atoms with Crippen LogP contribution in [0.4, 0.5) is 5.69 Å². The molecule has 1 aromatic rings. The van der Waals surface area contributed by atoms with Gasteiger partial charge < -0.3 is 10.2 Å². The van der Waals surface area contributed by atoms with Crippen LogP contribution < -0.4 is 10.2 Å². The van der Waals surface area contributed by atoms with Crippen molar-refractivity contribution in [3.63, 3.8) is 0 Å². The molecule has 1 aliphatic carbocycles. The van der Waals surface area contributed by atoms with Gasteiger partial charge in [0.2, 0.25) is 0 Å². The number of hydrogen-bond donors (Lipinski definition) is 1. The lowest BCUT2D eigenvalue weighted by Gasteiger charge is -2.28. The minimum Gasteiger partial charge on any atom is -0.366 e. The molecule has 2 nitrogen and oxygen atoms in total. The van der Waals surface area contributed by atoms with Crippen LogP contribution >= 0.6 is 0 Å². The number of hydrogen-bond acceptors (Lipinski definition) is 2. The first kappa shape index (κ1) is 10.9. The predicted octanol–water partition coefficient (Wildman–Crippen LogP) is 2.88. The SMILES string of the molecule is CC1(C)CC2c3cccc4c3N(CCNC4)C2C1. The van der Waals surface area contributed by atoms with Crippen LogP contribution in [0.2, 0.25) is 0 Å². The third-order valence-corrected chi connectivity index (χ3v) is 5.08. The van der Waals surface area contributed by atoms with Gasteiger partial charge in [-0.05, 0) is 29.4 Å². The second kappa shape index (κ2) is 3.51. The molecule has 96 valence electrons. The molecule has 2 aliphatic heterocycles. The van der Waals surface area contributed by atoms with Crippen molar-refractivity contribution in [1.29, 1.82) is 0 Å². The largest absolute Gasteiger partial charge is 0.366 e. The van der Waals surface area contributed by atoms with Crippen LogP contribution in [0.1, 0.15) is 43.7 Å². The van der Waals surface area contributed by atoms with E-state index >= 15 is 0 Å². The van der Waals surface area contributed by atoms with Crippen molar-refractivity contribution in [2.45, 2.75) is 45.2 Å². The summed E-state index contributed by atoms with van der Waals surface area (Å²) < 4.78 is 0. The molecule has 0 saturated heterocycles. The smallest absolute Gasteiger partial charge is 0.0451 e. The molecule has 2 heteroatoms. The van der Waals surface area contributed by atoms with Gasteiger partial charge >= 0.3 is 0 Å². The quantitative estimate of drug-likeness (QED) is 0.752. The molecule has 0 bridgehead atoms. The zero-order valence-corrected chi connectivity index (χ0v) is 11.4. The molecule has 1 saturated carbocycles. The number of nitrogens with one attached hydrogen (secondary N) is 1. The van der Waals surface area contributed by atoms with Crippen molar-refractivity contribution in [1.82, 2.24) is 5.32 Å². The lowest BCUT2D eigenvalue weighted by Crippen LogP contribution is -2.35. The summed E-state index contributed by atoms with van der Waals surface area (Å²) in [6.07, 6.45) is 2.71. The van der Waals surface area contributed by atoms with E-state index in [-0.39, 0.29) is 0 Å². The third-order valence-electron chi connectivity index (χ3n) is 5.08. The molecule has 2 heterocycles. The fourth-order valence-electron chi connectivity index (χ4n) is 4.44. The molecule has 18 heavy (non-hydrogen) atoms. The number of benzene rings is 1. The molecule has 1 N–H and O–H groups in total. The van der Waals surface area contributed by atoms with E-state index in [0.29, 0.717) is 5.41 Å². The van der Waals surface area contributed by atoms with E-state index in [1.165, 1.54) is 24.9 Å². The maximum Gasteiger partial charge on any atom is 0.0451 e. The van der Waals surface area contributed by atoms with Gasteiger partial charge in [0.05, 0.1) is 0 Å². The van der Waals surface area contributed by atoms with E-state index in [9.17, 15) is 0 Å². The van der Waals surface area contributed by atoms with Crippen molar-refractivity contribution in [3.8, 4) is 0 Å². The van der Waals surface area contributed by atoms with Crippen LogP contribution in [-0.2, 0) is 6.54 Å². The summed E-state index contributed by atoms with van der Waals surface area (Å²) in [5.41, 5.74) is 5.24. The first-order chi connectivity index (χ1) is 8.66. The summed E-state index contributed by atoms with van der Waals surface area (Å²) in [4.78, 5) is 2.71. The second-order valence-corrected chi connectivity index (χ2v) is 6.97. The molecular weight excluding hydrogens is 220 g/mol. The van der Waals surface area contributed by atoms with Crippen LogP contribution in [0.3, 0.4) is 0 Å². The highest BCUT2D eigenvalue weighted by Crippen LogP contribution is 2.56. The molecule has 2 unspecified atom stereocenters. The average molecular weight is 242 g/mol. The standard InChI is InChI=1S/C16H22N2/c1-16(2)8-13-12-5-3-4-11-10-17-6-7-18(15(11)12)14(13)9-16/h3-5,13-14,17H,6-10H2,1-2H3. The van der Waals surface area contributed by atoms with Crippen molar-refractivity contribution < 1.29 is 0 Å². The van der Waals surface area contributed by atoms with Crippen molar-refractivity contribution >= 4 is 5.69 Å². The van der Waals surface area contributed by atoms with Crippen molar-refractivity contribution in [2.75, 3.05) is 18.0 Å². The molecule has 3 aliphatic rings. The van der Waals surface area contributed by atoms with Gasteiger partial charge in [0.15, 0.2) is 0 Å². The first-order valence-corrected chi connectivity index (χ1v) is 7.25. The summed E-state index contributed by atoms with van der Waals surface area (Å²) in [7, 11) is 0. The van der Waals surface area contributed by atoms with Gasteiger partial charge in [-0.2, -0.15) is 0 Å². The zero-order chi connectivity index (χ0) is 12.3. The maximum absolute atomic E-state index is 3.55. The predicted molar refractivity (Wildman–Crippen MR) is 75.0 cm³/mol. The van der Waals surface area contributed by atoms with E-state index in [2.05, 4.69) is 42.3 Å². The highest BCUT2D eigenvalue weighted by atomic mass is 15.2. The van der Waals surface area contributed by atoms with E-state index in [4.69, 9.17) is 0 Å². The fourth-order valence-corrected chi connectivity index (χ4v) is 4.44. The summed E-state index contributed by atoms with van der Waals surface area (Å²) in [6.45, 7) is 8.22. The van der Waals surface area contributed by atoms with Gasteiger partial charge in [-0.3, -0.25) is 0 Å². The summed E-state index contributed by atoms with van der Waals surface area (Å²) in [5, 5.41) is 3.55. The third kappa shape index (κ3) is 1.38. The minimum absolute atomic E-state index is 0.517. The molecule has 4 rings (SSSR count). The van der Waals surface area contributed by atoms with E-state index in [1.54, 1.807) is 11.3 Å². The van der Waals surface area contributed by atoms with Gasteiger partial charge in [-0.25, -0.2) is 0 Å². The van der Waals surface area contributed by atoms with Crippen molar-refractivity contribution in [3.05, 3.63) is 29.3 Å². The Morgan fingerprint density at radius 3 is 3.06 bits per heavy atom. The van der Waals surface area contributed by atoms with Crippen LogP contribution in [-0.4, -0.2) is 19.1 Å². The number of para-hydroxylation sites is 1. The Balaban J connectivity index is 1.86. The molecule has 2 atom stereocenters. The van der Waals surface area contributed by atoms with Gasteiger partial charge in [0.25, 0.3) is 0 Å². The Morgan fingerprint density at radius 2 is 2.17 bits per heavy atom. The van der Waals surface area contributed by atoms with Crippen LogP contribution in [0, 0.1) is 5.41 Å². The highest BCUT2D eigenvalue weighted by molar-refractivity contribution is 5.67. The maximum atomic E-state index is 3.55. The average Bonchev–Trinajstić information content (AvgIpc) is 2.68. The van der Waals surface area contributed by atoms with Gasteiger partial charge in [0.1, 0.15) is 0 Å². The van der Waals surface area contributed by atoms with Crippen LogP contribution in [0.5, 0.6) is 0 Å². The molecule has 1 aromatic carbocycles. The zero-order valence-electron chi connectivity index (χ0n) is 11.4. The number of rotatable bonds is 0. The summed E-state index contributed by atoms with van der Waals surface area (Å²) >= 11 is 0. The summed E-state index contributed by atoms with van der Waals surface area (Å²) in [5.74, 6) is 0.785. The molecule has 0 amide bonds. The van der Waals surface area contributed by atoms with Crippen molar-refractivity contribution in [2.24, 2.45) is 5.41 Å². The van der Waals surface area contributed by atoms with Crippen LogP contribution in [0.25, 0.3) is 0 Å². The Labute approximate surface area is 109 Å². The van der Waals surface area contributed by atoms with Crippen LogP contribution in [0.15, 0.2) is 18.2 Å². The lowest BCUT2D eigenvalue weighted by molar-refractivity contribution is 0.368. The Bertz CT molecular complexity index is 492. The fraction of sp³-hybridized carbons (Fsp3) is 0.625. The molecule has 1 fully saturated rings. The van der Waals surface area contributed by atoms with Gasteiger partial charge in [-0.1, -0.05) is 32.0 Å². The monoisotopic (exact) mass is 242 g/mol. The molecule has 0 aromatic heterocycles. The normalized spacial score (nSPS) is 32.0. The van der Waals surface area contributed by atoms with E-state index in [0.717, 1.165) is 25.0 Å². The lowest BCUT2D eigenvalue weighted by atomic mass is 9.88.